The first kappa shape index (κ1) is 93.7. The molecule has 15 aromatic rings. The minimum atomic E-state index is -1.11. The monoisotopic (exact) mass is 1930 g/mol. The lowest BCUT2D eigenvalue weighted by molar-refractivity contribution is 0.103. The molecule has 0 amide bonds. The van der Waals surface area contributed by atoms with Crippen molar-refractivity contribution in [1.29, 1.82) is 0 Å². The average Bonchev–Trinajstić information content (AvgIpc) is 1.59. The number of aromatic nitrogens is 25. The van der Waals surface area contributed by atoms with Gasteiger partial charge in [-0.1, -0.05) is 0 Å². The Morgan fingerprint density at radius 3 is 0.607 bits per heavy atom. The summed E-state index contributed by atoms with van der Waals surface area (Å²) >= 11 is 0. The molecule has 0 spiro atoms. The lowest BCUT2D eigenvalue weighted by Crippen LogP contribution is -2.29. The highest BCUT2D eigenvalue weighted by Crippen LogP contribution is 2.54. The van der Waals surface area contributed by atoms with Crippen molar-refractivity contribution in [3.05, 3.63) is 201 Å². The molecule has 40 heteroatoms. The molecule has 5 N–H and O–H groups in total. The van der Waals surface area contributed by atoms with Crippen LogP contribution in [0, 0.1) is 34.6 Å². The fourth-order valence-corrected chi connectivity index (χ4v) is 22.6. The van der Waals surface area contributed by atoms with Gasteiger partial charge in [0, 0.05) is 59.2 Å². The van der Waals surface area contributed by atoms with Crippen molar-refractivity contribution in [3.8, 4) is 0 Å². The van der Waals surface area contributed by atoms with Gasteiger partial charge in [0.2, 0.25) is 0 Å². The fraction of sp³-hybridized carbons (Fsp3) is 0.600. The van der Waals surface area contributed by atoms with Crippen LogP contribution < -0.4 is 27.8 Å². The Labute approximate surface area is 799 Å². The third kappa shape index (κ3) is 18.7. The minimum absolute atomic E-state index is 0.0788. The predicted molar refractivity (Wildman–Crippen MR) is 506 cm³/mol. The molecule has 140 heavy (non-hydrogen) atoms. The average molecular weight is 1930 g/mol. The molecule has 25 rings (SSSR count). The molecule has 2 unspecified atom stereocenters. The summed E-state index contributed by atoms with van der Waals surface area (Å²) in [4.78, 5) is 124. The maximum absolute atomic E-state index is 14.2. The van der Waals surface area contributed by atoms with E-state index >= 15 is 0 Å². The first-order chi connectivity index (χ1) is 67.1. The van der Waals surface area contributed by atoms with Crippen molar-refractivity contribution in [1.82, 2.24) is 124 Å². The van der Waals surface area contributed by atoms with E-state index in [1.165, 1.54) is 0 Å². The highest BCUT2D eigenvalue weighted by Gasteiger charge is 2.47. The van der Waals surface area contributed by atoms with E-state index in [1.54, 1.807) is 96.7 Å². The van der Waals surface area contributed by atoms with Gasteiger partial charge in [0.1, 0.15) is 114 Å². The van der Waals surface area contributed by atoms with Gasteiger partial charge in [0.25, 0.3) is 27.8 Å². The summed E-state index contributed by atoms with van der Waals surface area (Å²) in [5.74, 6) is 10.3. The first-order valence-electron chi connectivity index (χ1n) is 50.0. The molecule has 10 atom stereocenters. The third-order valence-electron chi connectivity index (χ3n) is 32.0. The molecule has 15 heterocycles. The van der Waals surface area contributed by atoms with Crippen LogP contribution in [0.25, 0.3) is 55.2 Å². The van der Waals surface area contributed by atoms with Crippen molar-refractivity contribution in [2.45, 2.75) is 380 Å². The van der Waals surface area contributed by atoms with Gasteiger partial charge in [0.05, 0.1) is 91.2 Å². The largest absolute Gasteiger partial charge is 0.448 e. The summed E-state index contributed by atoms with van der Waals surface area (Å²) in [6.45, 7) is 17.7. The van der Waals surface area contributed by atoms with E-state index in [0.29, 0.717) is 242 Å². The lowest BCUT2D eigenvalue weighted by atomic mass is 9.73. The quantitative estimate of drug-likeness (QED) is 0.0595. The molecular formula is C100H120F5N25O10. The molecule has 0 saturated heterocycles. The van der Waals surface area contributed by atoms with Crippen LogP contribution in [0.15, 0.2) is 108 Å². The Kier molecular flexibility index (Phi) is 24.7. The molecule has 0 radical (unpaired) electrons. The molecule has 0 aromatic carbocycles. The third-order valence-corrected chi connectivity index (χ3v) is 32.0. The Bertz CT molecular complexity index is 6360. The highest BCUT2D eigenvalue weighted by atomic mass is 19.2. The van der Waals surface area contributed by atoms with Crippen LogP contribution in [0.5, 0.6) is 0 Å². The van der Waals surface area contributed by atoms with E-state index in [2.05, 4.69) is 75.3 Å². The number of fused-ring (bicyclic) bond motifs is 5. The van der Waals surface area contributed by atoms with Gasteiger partial charge in [-0.3, -0.25) is 24.0 Å². The highest BCUT2D eigenvalue weighted by molar-refractivity contribution is 5.76. The number of alkyl halides is 5. The molecular weight excluding hydrogens is 1810 g/mol. The van der Waals surface area contributed by atoms with Crippen molar-refractivity contribution in [2.75, 3.05) is 0 Å². The number of H-pyrrole nitrogens is 5. The van der Waals surface area contributed by atoms with Crippen LogP contribution in [0.3, 0.4) is 0 Å². The van der Waals surface area contributed by atoms with E-state index < -0.39 is 28.3 Å². The van der Waals surface area contributed by atoms with Gasteiger partial charge >= 0.3 is 0 Å². The molecule has 10 fully saturated rings. The van der Waals surface area contributed by atoms with Crippen LogP contribution in [0.1, 0.15) is 404 Å². The minimum Gasteiger partial charge on any atom is -0.448 e. The van der Waals surface area contributed by atoms with Crippen LogP contribution in [0.2, 0.25) is 0 Å². The molecule has 10 aliphatic rings. The fourth-order valence-electron chi connectivity index (χ4n) is 22.6. The topological polar surface area (TPSA) is 448 Å². The Balaban J connectivity index is 0.000000104. The van der Waals surface area contributed by atoms with E-state index in [9.17, 15) is 45.9 Å². The van der Waals surface area contributed by atoms with Gasteiger partial charge in [-0.15, -0.1) is 0 Å². The van der Waals surface area contributed by atoms with E-state index in [1.807, 2.05) is 58.0 Å². The second kappa shape index (κ2) is 36.8. The number of oxazole rings is 5. The van der Waals surface area contributed by atoms with Crippen LogP contribution >= 0.6 is 0 Å². The van der Waals surface area contributed by atoms with Crippen molar-refractivity contribution in [2.24, 2.45) is 0 Å². The summed E-state index contributed by atoms with van der Waals surface area (Å²) in [6, 6.07) is 0.394. The predicted octanol–water partition coefficient (Wildman–Crippen LogP) is 19.6. The van der Waals surface area contributed by atoms with Crippen molar-refractivity contribution in [3.63, 3.8) is 0 Å². The molecule has 740 valence electrons. The zero-order chi connectivity index (χ0) is 97.3. The molecule has 0 aliphatic heterocycles. The van der Waals surface area contributed by atoms with Gasteiger partial charge in [-0.2, -0.15) is 25.5 Å². The van der Waals surface area contributed by atoms with Crippen LogP contribution in [0.4, 0.5) is 22.0 Å². The van der Waals surface area contributed by atoms with E-state index in [0.717, 1.165) is 92.9 Å². The number of aryl methyl sites for hydroxylation is 5. The molecule has 10 aliphatic carbocycles. The standard InChI is InChI=1S/5C20H24FN5O2/c2*1-11-10-28-19(23-11)14-4-3-13(14)16-24-17-15(18(27)25-16)9-22-26(17)12-5-7-20(2,21)8-6-12;3*1-11-9-22-19(28-11)14-4-3-13(14)16-24-17-15(18(27)25-16)10-23-26(17)12-5-7-20(2,21)8-6-12/h5*9-10,12-14H,3-8H2,1-2H3,(H,24,25,27)/t12?,13-,14-,20?;;2*12?,13-,14+,20?;12?,13-,14-,20?/m0.101/s1. The van der Waals surface area contributed by atoms with Crippen molar-refractivity contribution >= 4 is 55.2 Å². The van der Waals surface area contributed by atoms with Crippen LogP contribution in [-0.2, 0) is 0 Å². The number of hydrogen-bond acceptors (Lipinski definition) is 25. The zero-order valence-electron chi connectivity index (χ0n) is 80.6. The number of nitrogens with zero attached hydrogens (tertiary/aromatic N) is 20. The number of rotatable bonds is 15. The summed E-state index contributed by atoms with van der Waals surface area (Å²) < 4.78 is 108. The Morgan fingerprint density at radius 2 is 0.450 bits per heavy atom. The molecule has 10 saturated carbocycles. The number of halogens is 5. The molecule has 0 bridgehead atoms. The van der Waals surface area contributed by atoms with Crippen LogP contribution in [-0.4, -0.2) is 152 Å². The zero-order valence-corrected chi connectivity index (χ0v) is 80.6. The summed E-state index contributed by atoms with van der Waals surface area (Å²) in [7, 11) is 0. The number of nitrogens with one attached hydrogen (secondary N) is 5. The Morgan fingerprint density at radius 1 is 0.264 bits per heavy atom. The first-order valence-corrected chi connectivity index (χ1v) is 50.0. The maximum Gasteiger partial charge on any atom is 0.262 e. The Hall–Kier alpha value is -12.6. The van der Waals surface area contributed by atoms with Gasteiger partial charge in [-0.05, 0) is 262 Å². The number of aromatic amines is 5. The second-order valence-corrected chi connectivity index (χ2v) is 42.6. The summed E-state index contributed by atoms with van der Waals surface area (Å²) in [5.41, 5.74) is -1.72. The summed E-state index contributed by atoms with van der Waals surface area (Å²) in [6.07, 6.45) is 37.9. The van der Waals surface area contributed by atoms with Gasteiger partial charge in [0.15, 0.2) is 57.7 Å². The molecule has 35 nitrogen and oxygen atoms in total. The van der Waals surface area contributed by atoms with E-state index in [-0.39, 0.29) is 117 Å². The SMILES string of the molecule is Cc1cnc([C@@H]2CC[C@@H]2c2nc3c(cnn3C3CCC(C)(F)CC3)c(=O)[nH]2)o1.Cc1cnc([C@@H]2CC[C@H]2c2nc3c(cnn3C3CCC(C)(F)CC3)c(=O)[nH]2)o1.Cc1cnc([C@H]2CC[C@H]2c2nc3c(cnn3C3CCC(C)(F)CC3)c(=O)[nH]2)o1.Cc1coc(C2CCC2c2nc3c(cnn3C3CCC(C)(F)CC3)c(=O)[nH]2)n1.Cc1coc([C@H]2CC[C@@H]2c2nc3c(cnn3C3CCC(C)(F)CC3)c(=O)[nH]2)n1. The molecule has 15 aromatic heterocycles. The van der Waals surface area contributed by atoms with Gasteiger partial charge < -0.3 is 47.0 Å². The van der Waals surface area contributed by atoms with Gasteiger partial charge in [-0.25, -0.2) is 95.2 Å². The van der Waals surface area contributed by atoms with Crippen molar-refractivity contribution < 1.29 is 44.0 Å². The normalized spacial score (nSPS) is 30.5. The van der Waals surface area contributed by atoms with E-state index in [4.69, 9.17) is 47.0 Å². The number of hydrogen-bond donors (Lipinski definition) is 5. The summed E-state index contributed by atoms with van der Waals surface area (Å²) in [5, 5.41) is 24.6. The second-order valence-electron chi connectivity index (χ2n) is 42.6. The lowest BCUT2D eigenvalue weighted by Gasteiger charge is -2.33. The smallest absolute Gasteiger partial charge is 0.262 e. The maximum atomic E-state index is 14.2.